The van der Waals surface area contributed by atoms with Crippen LogP contribution in [-0.4, -0.2) is 16.4 Å². The predicted molar refractivity (Wildman–Crippen MR) is 85.6 cm³/mol. The Hall–Kier alpha value is -0.980. The first-order valence-corrected chi connectivity index (χ1v) is 8.74. The van der Waals surface area contributed by atoms with E-state index in [-0.39, 0.29) is 29.1 Å². The van der Waals surface area contributed by atoms with Crippen molar-refractivity contribution < 1.29 is 9.90 Å². The van der Waals surface area contributed by atoms with Gasteiger partial charge in [-0.15, -0.1) is 11.8 Å². The zero-order chi connectivity index (χ0) is 14.6. The molecule has 1 aromatic carbocycles. The number of hydrogen-bond acceptors (Lipinski definition) is 4. The summed E-state index contributed by atoms with van der Waals surface area (Å²) in [4.78, 5) is 13.9. The van der Waals surface area contributed by atoms with E-state index < -0.39 is 0 Å². The SMILES string of the molecule is O=C1NC(c2cc(Br)ccc2O)NC2SC3=C(CCC3)C12. The summed E-state index contributed by atoms with van der Waals surface area (Å²) >= 11 is 5.20. The normalized spacial score (nSPS) is 31.1. The van der Waals surface area contributed by atoms with Gasteiger partial charge in [0.15, 0.2) is 0 Å². The van der Waals surface area contributed by atoms with Crippen molar-refractivity contribution in [3.8, 4) is 5.75 Å². The van der Waals surface area contributed by atoms with Gasteiger partial charge >= 0.3 is 0 Å². The van der Waals surface area contributed by atoms with Gasteiger partial charge in [-0.05, 0) is 47.9 Å². The molecule has 2 aliphatic heterocycles. The van der Waals surface area contributed by atoms with Gasteiger partial charge in [-0.1, -0.05) is 15.9 Å². The largest absolute Gasteiger partial charge is 0.508 e. The summed E-state index contributed by atoms with van der Waals surface area (Å²) < 4.78 is 0.883. The molecule has 4 rings (SSSR count). The zero-order valence-corrected chi connectivity index (χ0v) is 13.6. The van der Waals surface area contributed by atoms with E-state index in [1.54, 1.807) is 23.9 Å². The minimum atomic E-state index is -0.344. The lowest BCUT2D eigenvalue weighted by Gasteiger charge is -2.35. The van der Waals surface area contributed by atoms with E-state index in [4.69, 9.17) is 0 Å². The number of amides is 1. The number of carbonyl (C=O) groups excluding carboxylic acids is 1. The maximum absolute atomic E-state index is 12.5. The monoisotopic (exact) mass is 366 g/mol. The first-order chi connectivity index (χ1) is 10.1. The van der Waals surface area contributed by atoms with Crippen molar-refractivity contribution in [2.45, 2.75) is 30.8 Å². The summed E-state index contributed by atoms with van der Waals surface area (Å²) in [6, 6.07) is 5.26. The van der Waals surface area contributed by atoms with Gasteiger partial charge in [-0.3, -0.25) is 10.1 Å². The van der Waals surface area contributed by atoms with Crippen molar-refractivity contribution in [1.82, 2.24) is 10.6 Å². The number of fused-ring (bicyclic) bond motifs is 2. The number of carbonyl (C=O) groups is 1. The van der Waals surface area contributed by atoms with E-state index in [0.717, 1.165) is 17.3 Å². The molecule has 1 amide bonds. The molecule has 21 heavy (non-hydrogen) atoms. The van der Waals surface area contributed by atoms with Crippen LogP contribution in [0, 0.1) is 5.92 Å². The fourth-order valence-corrected chi connectivity index (χ4v) is 5.35. The Kier molecular flexibility index (Phi) is 3.28. The van der Waals surface area contributed by atoms with Crippen LogP contribution in [0.15, 0.2) is 33.2 Å². The number of allylic oxidation sites excluding steroid dienone is 1. The molecule has 0 saturated carbocycles. The first kappa shape index (κ1) is 13.7. The molecule has 0 spiro atoms. The lowest BCUT2D eigenvalue weighted by Crippen LogP contribution is -2.54. The van der Waals surface area contributed by atoms with Crippen LogP contribution in [-0.2, 0) is 4.79 Å². The third-order valence-corrected chi connectivity index (χ3v) is 6.26. The number of thioether (sulfide) groups is 1. The second-order valence-electron chi connectivity index (χ2n) is 5.63. The smallest absolute Gasteiger partial charge is 0.231 e. The third kappa shape index (κ3) is 2.20. The number of aromatic hydroxyl groups is 1. The molecule has 0 aromatic heterocycles. The van der Waals surface area contributed by atoms with Crippen molar-refractivity contribution in [1.29, 1.82) is 0 Å². The number of halogens is 1. The molecule has 3 unspecified atom stereocenters. The summed E-state index contributed by atoms with van der Waals surface area (Å²) in [6.07, 6.45) is 2.98. The van der Waals surface area contributed by atoms with Gasteiger partial charge in [0.1, 0.15) is 11.9 Å². The Morgan fingerprint density at radius 3 is 3.05 bits per heavy atom. The van der Waals surface area contributed by atoms with Crippen molar-refractivity contribution >= 4 is 33.6 Å². The van der Waals surface area contributed by atoms with Crippen LogP contribution < -0.4 is 10.6 Å². The number of hydrogen-bond donors (Lipinski definition) is 3. The molecule has 6 heteroatoms. The maximum atomic E-state index is 12.5. The van der Waals surface area contributed by atoms with Gasteiger partial charge < -0.3 is 10.4 Å². The highest BCUT2D eigenvalue weighted by Gasteiger charge is 2.46. The molecule has 2 heterocycles. The molecule has 4 nitrogen and oxygen atoms in total. The Labute approximate surface area is 135 Å². The minimum Gasteiger partial charge on any atom is -0.508 e. The van der Waals surface area contributed by atoms with Crippen LogP contribution in [0.1, 0.15) is 31.0 Å². The van der Waals surface area contributed by atoms with Crippen LogP contribution in [0.5, 0.6) is 5.75 Å². The summed E-state index contributed by atoms with van der Waals surface area (Å²) in [7, 11) is 0. The third-order valence-electron chi connectivity index (χ3n) is 4.36. The van der Waals surface area contributed by atoms with Gasteiger partial charge in [0.05, 0.1) is 11.3 Å². The Bertz CT molecular complexity index is 661. The van der Waals surface area contributed by atoms with E-state index in [2.05, 4.69) is 26.6 Å². The van der Waals surface area contributed by atoms with Gasteiger partial charge in [0, 0.05) is 10.0 Å². The van der Waals surface area contributed by atoms with E-state index in [1.165, 1.54) is 16.9 Å². The molecule has 0 radical (unpaired) electrons. The van der Waals surface area contributed by atoms with Gasteiger partial charge in [0.25, 0.3) is 0 Å². The summed E-state index contributed by atoms with van der Waals surface area (Å²) in [5.74, 6) is 0.221. The predicted octanol–water partition coefficient (Wildman–Crippen LogP) is 3.00. The first-order valence-electron chi connectivity index (χ1n) is 7.07. The van der Waals surface area contributed by atoms with Gasteiger partial charge in [0.2, 0.25) is 5.91 Å². The zero-order valence-electron chi connectivity index (χ0n) is 11.2. The molecule has 1 aliphatic carbocycles. The van der Waals surface area contributed by atoms with E-state index >= 15 is 0 Å². The van der Waals surface area contributed by atoms with Crippen LogP contribution in [0.2, 0.25) is 0 Å². The molecule has 1 fully saturated rings. The fourth-order valence-electron chi connectivity index (χ4n) is 3.40. The molecule has 3 aliphatic rings. The van der Waals surface area contributed by atoms with E-state index in [9.17, 15) is 9.90 Å². The second kappa shape index (κ2) is 5.04. The van der Waals surface area contributed by atoms with Crippen LogP contribution in [0.25, 0.3) is 0 Å². The number of phenolic OH excluding ortho intramolecular Hbond substituents is 1. The van der Waals surface area contributed by atoms with Crippen LogP contribution in [0.4, 0.5) is 0 Å². The van der Waals surface area contributed by atoms with Crippen LogP contribution >= 0.6 is 27.7 Å². The highest BCUT2D eigenvalue weighted by atomic mass is 79.9. The summed E-state index contributed by atoms with van der Waals surface area (Å²) in [5, 5.41) is 16.6. The molecule has 110 valence electrons. The van der Waals surface area contributed by atoms with Crippen molar-refractivity contribution in [2.24, 2.45) is 5.92 Å². The molecular formula is C15H15BrN2O2S. The van der Waals surface area contributed by atoms with Crippen molar-refractivity contribution in [2.75, 3.05) is 0 Å². The Morgan fingerprint density at radius 2 is 2.19 bits per heavy atom. The van der Waals surface area contributed by atoms with Gasteiger partial charge in [-0.2, -0.15) is 0 Å². The van der Waals surface area contributed by atoms with Crippen molar-refractivity contribution in [3.05, 3.63) is 38.7 Å². The highest BCUT2D eigenvalue weighted by Crippen LogP contribution is 2.51. The quantitative estimate of drug-likeness (QED) is 0.714. The Balaban J connectivity index is 1.62. The molecule has 1 aromatic rings. The Morgan fingerprint density at radius 1 is 1.33 bits per heavy atom. The molecule has 1 saturated heterocycles. The second-order valence-corrected chi connectivity index (χ2v) is 7.78. The minimum absolute atomic E-state index is 0.0435. The summed E-state index contributed by atoms with van der Waals surface area (Å²) in [6.45, 7) is 0. The van der Waals surface area contributed by atoms with E-state index in [0.29, 0.717) is 5.56 Å². The van der Waals surface area contributed by atoms with E-state index in [1.807, 2.05) is 6.07 Å². The average Bonchev–Trinajstić information content (AvgIpc) is 3.01. The molecule has 3 atom stereocenters. The molecular weight excluding hydrogens is 352 g/mol. The standard InChI is InChI=1S/C15H15BrN2O2S/c16-7-4-5-10(19)9(6-7)13-17-14(20)12-8-2-1-3-11(8)21-15(12)18-13/h4-6,12-13,15,18-19H,1-3H2,(H,17,20). The number of nitrogens with one attached hydrogen (secondary N) is 2. The average molecular weight is 367 g/mol. The maximum Gasteiger partial charge on any atom is 0.231 e. The van der Waals surface area contributed by atoms with Gasteiger partial charge in [-0.25, -0.2) is 0 Å². The number of benzene rings is 1. The summed E-state index contributed by atoms with van der Waals surface area (Å²) in [5.41, 5.74) is 2.02. The molecule has 3 N–H and O–H groups in total. The van der Waals surface area contributed by atoms with Crippen LogP contribution in [0.3, 0.4) is 0 Å². The lowest BCUT2D eigenvalue weighted by atomic mass is 9.94. The lowest BCUT2D eigenvalue weighted by molar-refractivity contribution is -0.127. The molecule has 0 bridgehead atoms. The van der Waals surface area contributed by atoms with Crippen molar-refractivity contribution in [3.63, 3.8) is 0 Å². The number of rotatable bonds is 1. The number of phenols is 1. The topological polar surface area (TPSA) is 61.4 Å². The fraction of sp³-hybridized carbons (Fsp3) is 0.400. The highest BCUT2D eigenvalue weighted by molar-refractivity contribution is 9.10.